The van der Waals surface area contributed by atoms with Crippen LogP contribution in [0.15, 0.2) is 34.9 Å². The largest absolute Gasteiger partial charge is 0.441 e. The smallest absolute Gasteiger partial charge is 0.220 e. The highest BCUT2D eigenvalue weighted by Crippen LogP contribution is 2.21. The van der Waals surface area contributed by atoms with Crippen molar-refractivity contribution in [1.82, 2.24) is 10.3 Å². The van der Waals surface area contributed by atoms with Gasteiger partial charge in [-0.2, -0.15) is 0 Å². The van der Waals surface area contributed by atoms with Crippen molar-refractivity contribution >= 4 is 5.91 Å². The normalized spacial score (nSPS) is 10.5. The first-order valence-electron chi connectivity index (χ1n) is 6.67. The standard InChI is InChI=1S/C15H19N3O2/c1-11-2-4-12(5-3-11)13-10-18-15(20-13)7-6-14(19)17-9-8-16/h2-5,10H,6-9,16H2,1H3,(H,17,19). The van der Waals surface area contributed by atoms with Gasteiger partial charge in [0.2, 0.25) is 5.91 Å². The SMILES string of the molecule is Cc1ccc(-c2cnc(CCC(=O)NCCN)o2)cc1. The van der Waals surface area contributed by atoms with Gasteiger partial charge in [0.15, 0.2) is 11.7 Å². The van der Waals surface area contributed by atoms with Crippen LogP contribution < -0.4 is 11.1 Å². The topological polar surface area (TPSA) is 81.2 Å². The van der Waals surface area contributed by atoms with Crippen LogP contribution in [0.3, 0.4) is 0 Å². The Kier molecular flexibility index (Phi) is 4.90. The Morgan fingerprint density at radius 2 is 2.10 bits per heavy atom. The van der Waals surface area contributed by atoms with Crippen molar-refractivity contribution in [2.45, 2.75) is 19.8 Å². The predicted molar refractivity (Wildman–Crippen MR) is 77.1 cm³/mol. The van der Waals surface area contributed by atoms with Crippen LogP contribution in [0.5, 0.6) is 0 Å². The monoisotopic (exact) mass is 273 g/mol. The molecule has 0 radical (unpaired) electrons. The highest BCUT2D eigenvalue weighted by molar-refractivity contribution is 5.76. The van der Waals surface area contributed by atoms with Gasteiger partial charge < -0.3 is 15.5 Å². The molecular weight excluding hydrogens is 254 g/mol. The average Bonchev–Trinajstić information content (AvgIpc) is 2.92. The number of oxazole rings is 1. The van der Waals surface area contributed by atoms with Gasteiger partial charge in [0.25, 0.3) is 0 Å². The van der Waals surface area contributed by atoms with E-state index in [4.69, 9.17) is 10.2 Å². The van der Waals surface area contributed by atoms with E-state index in [1.807, 2.05) is 31.2 Å². The molecule has 0 atom stereocenters. The minimum atomic E-state index is -0.0365. The van der Waals surface area contributed by atoms with E-state index in [-0.39, 0.29) is 5.91 Å². The fourth-order valence-electron chi connectivity index (χ4n) is 1.80. The van der Waals surface area contributed by atoms with Crippen LogP contribution in [0.1, 0.15) is 17.9 Å². The molecule has 0 fully saturated rings. The zero-order chi connectivity index (χ0) is 14.4. The maximum Gasteiger partial charge on any atom is 0.220 e. The lowest BCUT2D eigenvalue weighted by Gasteiger charge is -2.01. The molecule has 1 amide bonds. The number of carbonyl (C=O) groups is 1. The molecule has 3 N–H and O–H groups in total. The van der Waals surface area contributed by atoms with Crippen LogP contribution in [-0.4, -0.2) is 24.0 Å². The van der Waals surface area contributed by atoms with Crippen LogP contribution in [0.2, 0.25) is 0 Å². The first kappa shape index (κ1) is 14.3. The second kappa shape index (κ2) is 6.86. The summed E-state index contributed by atoms with van der Waals surface area (Å²) in [5.41, 5.74) is 7.50. The molecule has 0 spiro atoms. The fourth-order valence-corrected chi connectivity index (χ4v) is 1.80. The van der Waals surface area contributed by atoms with E-state index < -0.39 is 0 Å². The summed E-state index contributed by atoms with van der Waals surface area (Å²) in [5, 5.41) is 2.71. The molecule has 0 aliphatic carbocycles. The molecule has 0 unspecified atom stereocenters. The number of nitrogens with one attached hydrogen (secondary N) is 1. The van der Waals surface area contributed by atoms with E-state index >= 15 is 0 Å². The van der Waals surface area contributed by atoms with Crippen molar-refractivity contribution in [2.75, 3.05) is 13.1 Å². The molecule has 1 aromatic heterocycles. The van der Waals surface area contributed by atoms with Crippen LogP contribution in [-0.2, 0) is 11.2 Å². The van der Waals surface area contributed by atoms with Gasteiger partial charge in [-0.15, -0.1) is 0 Å². The third-order valence-electron chi connectivity index (χ3n) is 2.92. The summed E-state index contributed by atoms with van der Waals surface area (Å²) < 4.78 is 5.65. The number of aromatic nitrogens is 1. The van der Waals surface area contributed by atoms with Gasteiger partial charge >= 0.3 is 0 Å². The Morgan fingerprint density at radius 1 is 1.35 bits per heavy atom. The van der Waals surface area contributed by atoms with E-state index in [1.165, 1.54) is 5.56 Å². The van der Waals surface area contributed by atoms with Crippen LogP contribution in [0, 0.1) is 6.92 Å². The number of aryl methyl sites for hydroxylation is 2. The van der Waals surface area contributed by atoms with E-state index in [1.54, 1.807) is 6.20 Å². The summed E-state index contributed by atoms with van der Waals surface area (Å²) in [4.78, 5) is 15.6. The van der Waals surface area contributed by atoms with Crippen molar-refractivity contribution in [2.24, 2.45) is 5.73 Å². The van der Waals surface area contributed by atoms with Gasteiger partial charge in [-0.3, -0.25) is 4.79 Å². The van der Waals surface area contributed by atoms with E-state index in [9.17, 15) is 4.79 Å². The quantitative estimate of drug-likeness (QED) is 0.838. The van der Waals surface area contributed by atoms with Crippen molar-refractivity contribution in [3.05, 3.63) is 41.9 Å². The van der Waals surface area contributed by atoms with Crippen molar-refractivity contribution < 1.29 is 9.21 Å². The fraction of sp³-hybridized carbons (Fsp3) is 0.333. The summed E-state index contributed by atoms with van der Waals surface area (Å²) in [7, 11) is 0. The van der Waals surface area contributed by atoms with Gasteiger partial charge in [-0.05, 0) is 6.92 Å². The molecule has 2 aromatic rings. The lowest BCUT2D eigenvalue weighted by atomic mass is 10.1. The van der Waals surface area contributed by atoms with Crippen LogP contribution >= 0.6 is 0 Å². The molecule has 0 aliphatic rings. The maximum absolute atomic E-state index is 11.5. The van der Waals surface area contributed by atoms with Gasteiger partial charge in [-0.1, -0.05) is 29.8 Å². The molecule has 106 valence electrons. The predicted octanol–water partition coefficient (Wildman–Crippen LogP) is 1.66. The lowest BCUT2D eigenvalue weighted by Crippen LogP contribution is -2.29. The van der Waals surface area contributed by atoms with Crippen molar-refractivity contribution in [1.29, 1.82) is 0 Å². The molecule has 20 heavy (non-hydrogen) atoms. The molecule has 1 aromatic carbocycles. The van der Waals surface area contributed by atoms with Crippen LogP contribution in [0.4, 0.5) is 0 Å². The number of amides is 1. The number of benzene rings is 1. The highest BCUT2D eigenvalue weighted by atomic mass is 16.4. The molecule has 0 bridgehead atoms. The first-order valence-corrected chi connectivity index (χ1v) is 6.67. The second-order valence-corrected chi connectivity index (χ2v) is 4.62. The Bertz CT molecular complexity index is 561. The number of hydrogen-bond acceptors (Lipinski definition) is 4. The summed E-state index contributed by atoms with van der Waals surface area (Å²) in [6.45, 7) is 2.98. The number of carbonyl (C=O) groups excluding carboxylic acids is 1. The number of nitrogens with zero attached hydrogens (tertiary/aromatic N) is 1. The van der Waals surface area contributed by atoms with Crippen molar-refractivity contribution in [3.63, 3.8) is 0 Å². The molecular formula is C15H19N3O2. The lowest BCUT2D eigenvalue weighted by molar-refractivity contribution is -0.121. The van der Waals surface area contributed by atoms with E-state index in [2.05, 4.69) is 10.3 Å². The molecule has 5 nitrogen and oxygen atoms in total. The van der Waals surface area contributed by atoms with E-state index in [0.29, 0.717) is 31.8 Å². The molecule has 0 saturated heterocycles. The average molecular weight is 273 g/mol. The van der Waals surface area contributed by atoms with Gasteiger partial charge in [0, 0.05) is 31.5 Å². The summed E-state index contributed by atoms with van der Waals surface area (Å²) >= 11 is 0. The molecule has 0 saturated carbocycles. The number of hydrogen-bond donors (Lipinski definition) is 2. The Hall–Kier alpha value is -2.14. The zero-order valence-electron chi connectivity index (χ0n) is 11.6. The molecule has 2 rings (SSSR count). The summed E-state index contributed by atoms with van der Waals surface area (Å²) in [6, 6.07) is 8.04. The van der Waals surface area contributed by atoms with Crippen molar-refractivity contribution in [3.8, 4) is 11.3 Å². The van der Waals surface area contributed by atoms with Gasteiger partial charge in [0.05, 0.1) is 6.20 Å². The molecule has 0 aliphatic heterocycles. The molecule has 5 heteroatoms. The zero-order valence-corrected chi connectivity index (χ0v) is 11.6. The summed E-state index contributed by atoms with van der Waals surface area (Å²) in [5.74, 6) is 1.26. The molecule has 1 heterocycles. The summed E-state index contributed by atoms with van der Waals surface area (Å²) in [6.07, 6.45) is 2.54. The minimum Gasteiger partial charge on any atom is -0.441 e. The Labute approximate surface area is 118 Å². The number of rotatable bonds is 6. The second-order valence-electron chi connectivity index (χ2n) is 4.62. The first-order chi connectivity index (χ1) is 9.69. The number of nitrogens with two attached hydrogens (primary N) is 1. The Morgan fingerprint density at radius 3 is 2.80 bits per heavy atom. The van der Waals surface area contributed by atoms with Gasteiger partial charge in [-0.25, -0.2) is 4.98 Å². The Balaban J connectivity index is 1.92. The highest BCUT2D eigenvalue weighted by Gasteiger charge is 2.08. The van der Waals surface area contributed by atoms with Crippen LogP contribution in [0.25, 0.3) is 11.3 Å². The minimum absolute atomic E-state index is 0.0365. The third kappa shape index (κ3) is 3.93. The maximum atomic E-state index is 11.5. The van der Waals surface area contributed by atoms with Gasteiger partial charge in [0.1, 0.15) is 0 Å². The van der Waals surface area contributed by atoms with E-state index in [0.717, 1.165) is 11.3 Å². The third-order valence-corrected chi connectivity index (χ3v) is 2.92.